The van der Waals surface area contributed by atoms with E-state index in [1.54, 1.807) is 6.92 Å². The first-order valence-electron chi connectivity index (χ1n) is 9.37. The summed E-state index contributed by atoms with van der Waals surface area (Å²) in [6, 6.07) is 24.3. The number of hydrogen-bond donors (Lipinski definition) is 0. The van der Waals surface area contributed by atoms with Crippen molar-refractivity contribution in [3.63, 3.8) is 0 Å². The molecule has 0 radical (unpaired) electrons. The van der Waals surface area contributed by atoms with E-state index >= 15 is 0 Å². The standard InChI is InChI=1S/C25H21NO2/c1-18(27)22-8-5-9-23(24(22)25-26-16-17-28-25)21-14-12-20(13-15-21)11-10-19-6-3-2-4-7-19/h2-15H,16-17H2,1H3/b11-10+. The zero-order valence-corrected chi connectivity index (χ0v) is 15.8. The van der Waals surface area contributed by atoms with E-state index in [0.29, 0.717) is 24.6 Å². The number of benzene rings is 3. The van der Waals surface area contributed by atoms with Gasteiger partial charge in [-0.3, -0.25) is 4.79 Å². The largest absolute Gasteiger partial charge is 0.475 e. The van der Waals surface area contributed by atoms with Crippen molar-refractivity contribution < 1.29 is 9.53 Å². The summed E-state index contributed by atoms with van der Waals surface area (Å²) in [4.78, 5) is 16.6. The van der Waals surface area contributed by atoms with E-state index < -0.39 is 0 Å². The molecule has 0 aliphatic carbocycles. The van der Waals surface area contributed by atoms with Gasteiger partial charge in [-0.2, -0.15) is 0 Å². The lowest BCUT2D eigenvalue weighted by atomic mass is 9.93. The highest BCUT2D eigenvalue weighted by Crippen LogP contribution is 2.29. The van der Waals surface area contributed by atoms with Crippen LogP contribution in [-0.2, 0) is 4.74 Å². The number of ketones is 1. The van der Waals surface area contributed by atoms with Gasteiger partial charge in [0.15, 0.2) is 5.78 Å². The molecule has 28 heavy (non-hydrogen) atoms. The van der Waals surface area contributed by atoms with Crippen molar-refractivity contribution in [2.45, 2.75) is 6.92 Å². The topological polar surface area (TPSA) is 38.7 Å². The fourth-order valence-corrected chi connectivity index (χ4v) is 3.33. The molecule has 3 heteroatoms. The molecule has 0 spiro atoms. The maximum absolute atomic E-state index is 12.2. The van der Waals surface area contributed by atoms with Crippen LogP contribution in [0.15, 0.2) is 77.8 Å². The molecule has 1 aliphatic heterocycles. The van der Waals surface area contributed by atoms with Gasteiger partial charge in [0, 0.05) is 5.56 Å². The molecule has 1 aliphatic rings. The SMILES string of the molecule is CC(=O)c1cccc(-c2ccc(/C=C/c3ccccc3)cc2)c1C1=NCCO1. The Bertz CT molecular complexity index is 1050. The van der Waals surface area contributed by atoms with Crippen molar-refractivity contribution >= 4 is 23.8 Å². The summed E-state index contributed by atoms with van der Waals surface area (Å²) in [5.74, 6) is 0.575. The minimum atomic E-state index is 0.0115. The smallest absolute Gasteiger partial charge is 0.217 e. The Hall–Kier alpha value is -3.46. The molecule has 138 valence electrons. The van der Waals surface area contributed by atoms with Crippen molar-refractivity contribution in [2.75, 3.05) is 13.2 Å². The second-order valence-electron chi connectivity index (χ2n) is 6.69. The second-order valence-corrected chi connectivity index (χ2v) is 6.69. The zero-order valence-electron chi connectivity index (χ0n) is 15.8. The van der Waals surface area contributed by atoms with Crippen LogP contribution in [0.4, 0.5) is 0 Å². The molecule has 0 amide bonds. The quantitative estimate of drug-likeness (QED) is 0.441. The molecule has 0 saturated carbocycles. The maximum Gasteiger partial charge on any atom is 0.217 e. The molecule has 3 aromatic rings. The van der Waals surface area contributed by atoms with Gasteiger partial charge in [-0.25, -0.2) is 4.99 Å². The second kappa shape index (κ2) is 8.05. The third-order valence-electron chi connectivity index (χ3n) is 4.73. The molecule has 0 fully saturated rings. The van der Waals surface area contributed by atoms with Gasteiger partial charge in [-0.15, -0.1) is 0 Å². The molecule has 1 heterocycles. The molecule has 3 nitrogen and oxygen atoms in total. The van der Waals surface area contributed by atoms with Gasteiger partial charge in [0.25, 0.3) is 0 Å². The normalized spacial score (nSPS) is 13.4. The summed E-state index contributed by atoms with van der Waals surface area (Å²) in [5.41, 5.74) is 5.72. The molecule has 0 saturated heterocycles. The van der Waals surface area contributed by atoms with E-state index in [-0.39, 0.29) is 5.78 Å². The van der Waals surface area contributed by atoms with Crippen LogP contribution in [0.2, 0.25) is 0 Å². The van der Waals surface area contributed by atoms with Crippen LogP contribution < -0.4 is 0 Å². The molecule has 4 rings (SSSR count). The van der Waals surface area contributed by atoms with Crippen molar-refractivity contribution in [3.8, 4) is 11.1 Å². The van der Waals surface area contributed by atoms with Gasteiger partial charge in [-0.1, -0.05) is 84.9 Å². The lowest BCUT2D eigenvalue weighted by Gasteiger charge is -2.13. The van der Waals surface area contributed by atoms with Crippen molar-refractivity contribution in [1.29, 1.82) is 0 Å². The molecular formula is C25H21NO2. The fraction of sp³-hybridized carbons (Fsp3) is 0.120. The highest BCUT2D eigenvalue weighted by molar-refractivity contribution is 6.11. The van der Waals surface area contributed by atoms with Gasteiger partial charge < -0.3 is 4.74 Å². The predicted molar refractivity (Wildman–Crippen MR) is 115 cm³/mol. The number of carbonyl (C=O) groups excluding carboxylic acids is 1. The van der Waals surface area contributed by atoms with Gasteiger partial charge in [0.05, 0.1) is 12.1 Å². The van der Waals surface area contributed by atoms with Crippen molar-refractivity contribution in [2.24, 2.45) is 4.99 Å². The Morgan fingerprint density at radius 2 is 1.61 bits per heavy atom. The molecule has 0 unspecified atom stereocenters. The maximum atomic E-state index is 12.2. The summed E-state index contributed by atoms with van der Waals surface area (Å²) < 4.78 is 5.69. The van der Waals surface area contributed by atoms with Gasteiger partial charge in [0.1, 0.15) is 6.61 Å². The third-order valence-corrected chi connectivity index (χ3v) is 4.73. The molecule has 0 N–H and O–H groups in total. The van der Waals surface area contributed by atoms with Crippen molar-refractivity contribution in [3.05, 3.63) is 95.1 Å². The molecule has 0 bridgehead atoms. The number of carbonyl (C=O) groups is 1. The summed E-state index contributed by atoms with van der Waals surface area (Å²) in [5, 5.41) is 0. The lowest BCUT2D eigenvalue weighted by Crippen LogP contribution is -2.10. The van der Waals surface area contributed by atoms with Crippen LogP contribution in [0.1, 0.15) is 34.0 Å². The Labute approximate surface area is 165 Å². The van der Waals surface area contributed by atoms with Crippen LogP contribution in [0.25, 0.3) is 23.3 Å². The summed E-state index contributed by atoms with van der Waals surface area (Å²) in [6.45, 7) is 2.77. The fourth-order valence-electron chi connectivity index (χ4n) is 3.33. The number of nitrogens with zero attached hydrogens (tertiary/aromatic N) is 1. The van der Waals surface area contributed by atoms with Gasteiger partial charge >= 0.3 is 0 Å². The van der Waals surface area contributed by atoms with E-state index in [1.165, 1.54) is 5.56 Å². The van der Waals surface area contributed by atoms with E-state index in [1.807, 2.05) is 36.4 Å². The number of rotatable bonds is 5. The third kappa shape index (κ3) is 3.79. The van der Waals surface area contributed by atoms with Gasteiger partial charge in [-0.05, 0) is 29.2 Å². The minimum Gasteiger partial charge on any atom is -0.475 e. The Morgan fingerprint density at radius 1 is 0.893 bits per heavy atom. The Balaban J connectivity index is 1.69. The summed E-state index contributed by atoms with van der Waals surface area (Å²) in [7, 11) is 0. The summed E-state index contributed by atoms with van der Waals surface area (Å²) in [6.07, 6.45) is 4.19. The molecular weight excluding hydrogens is 346 g/mol. The number of Topliss-reactive ketones (excluding diaryl/α,β-unsaturated/α-hetero) is 1. The average Bonchev–Trinajstić information content (AvgIpc) is 3.27. The van der Waals surface area contributed by atoms with Crippen LogP contribution in [0, 0.1) is 0 Å². The Morgan fingerprint density at radius 3 is 2.25 bits per heavy atom. The number of ether oxygens (including phenoxy) is 1. The van der Waals surface area contributed by atoms with E-state index in [2.05, 4.69) is 53.5 Å². The van der Waals surface area contributed by atoms with Crippen LogP contribution in [0.5, 0.6) is 0 Å². The predicted octanol–water partition coefficient (Wildman–Crippen LogP) is 5.50. The highest BCUT2D eigenvalue weighted by atomic mass is 16.5. The van der Waals surface area contributed by atoms with Crippen LogP contribution in [0.3, 0.4) is 0 Å². The first-order valence-corrected chi connectivity index (χ1v) is 9.37. The monoisotopic (exact) mass is 367 g/mol. The van der Waals surface area contributed by atoms with E-state index in [0.717, 1.165) is 22.3 Å². The zero-order chi connectivity index (χ0) is 19.3. The highest BCUT2D eigenvalue weighted by Gasteiger charge is 2.21. The van der Waals surface area contributed by atoms with Gasteiger partial charge in [0.2, 0.25) is 5.90 Å². The lowest BCUT2D eigenvalue weighted by molar-refractivity contribution is 0.101. The number of hydrogen-bond acceptors (Lipinski definition) is 3. The molecule has 3 aromatic carbocycles. The van der Waals surface area contributed by atoms with E-state index in [9.17, 15) is 4.79 Å². The van der Waals surface area contributed by atoms with Crippen molar-refractivity contribution in [1.82, 2.24) is 0 Å². The minimum absolute atomic E-state index is 0.0115. The first kappa shape index (κ1) is 17.9. The Kier molecular flexibility index (Phi) is 5.16. The number of aliphatic imine (C=N–C) groups is 1. The molecule has 0 atom stereocenters. The van der Waals surface area contributed by atoms with E-state index in [4.69, 9.17) is 4.74 Å². The average molecular weight is 367 g/mol. The van der Waals surface area contributed by atoms with Crippen LogP contribution in [-0.4, -0.2) is 24.8 Å². The first-order chi connectivity index (χ1) is 13.7. The van der Waals surface area contributed by atoms with Crippen LogP contribution >= 0.6 is 0 Å². The molecule has 0 aromatic heterocycles. The summed E-state index contributed by atoms with van der Waals surface area (Å²) >= 11 is 0.